The zero-order chi connectivity index (χ0) is 10.7. The molecular weight excluding hydrogens is 216 g/mol. The fourth-order valence-corrected chi connectivity index (χ4v) is 1.27. The molecule has 1 heterocycles. The number of anilines is 1. The van der Waals surface area contributed by atoms with Gasteiger partial charge in [0.25, 0.3) is 0 Å². The highest BCUT2D eigenvalue weighted by Crippen LogP contribution is 2.18. The van der Waals surface area contributed by atoms with Crippen molar-refractivity contribution in [3.8, 4) is 5.75 Å². The second-order valence-electron chi connectivity index (χ2n) is 2.90. The molecule has 2 rings (SSSR count). The Hall–Kier alpha value is -1.68. The van der Waals surface area contributed by atoms with Gasteiger partial charge in [-0.3, -0.25) is 0 Å². The fourth-order valence-electron chi connectivity index (χ4n) is 1.09. The molecule has 1 aromatic carbocycles. The Morgan fingerprint density at radius 3 is 3.00 bits per heavy atom. The third kappa shape index (κ3) is 2.63. The van der Waals surface area contributed by atoms with Gasteiger partial charge in [0, 0.05) is 5.02 Å². The first-order chi connectivity index (χ1) is 7.24. The maximum atomic E-state index is 5.79. The average Bonchev–Trinajstić information content (AvgIpc) is 2.62. The summed E-state index contributed by atoms with van der Waals surface area (Å²) >= 11 is 5.79. The third-order valence-corrected chi connectivity index (χ3v) is 1.96. The van der Waals surface area contributed by atoms with Crippen molar-refractivity contribution in [1.29, 1.82) is 0 Å². The molecule has 1 aromatic heterocycles. The number of nitrogens with two attached hydrogens (primary N) is 1. The molecule has 0 aliphatic carbocycles. The quantitative estimate of drug-likeness (QED) is 0.870. The Balaban J connectivity index is 1.99. The van der Waals surface area contributed by atoms with Gasteiger partial charge in [-0.15, -0.1) is 0 Å². The van der Waals surface area contributed by atoms with Gasteiger partial charge in [0.1, 0.15) is 5.75 Å². The predicted molar refractivity (Wildman–Crippen MR) is 56.7 cm³/mol. The molecule has 0 spiro atoms. The number of nitrogens with zero attached hydrogens (tertiary/aromatic N) is 1. The molecule has 4 nitrogen and oxygen atoms in total. The summed E-state index contributed by atoms with van der Waals surface area (Å²) in [6.07, 6.45) is 1.44. The lowest BCUT2D eigenvalue weighted by molar-refractivity contribution is 0.265. The molecule has 0 aliphatic rings. The maximum absolute atomic E-state index is 5.79. The zero-order valence-electron chi connectivity index (χ0n) is 7.81. The summed E-state index contributed by atoms with van der Waals surface area (Å²) < 4.78 is 10.4. The van der Waals surface area contributed by atoms with E-state index in [0.717, 1.165) is 0 Å². The minimum Gasteiger partial charge on any atom is -0.484 e. The highest BCUT2D eigenvalue weighted by molar-refractivity contribution is 6.30. The van der Waals surface area contributed by atoms with Crippen LogP contribution >= 0.6 is 11.6 Å². The van der Waals surface area contributed by atoms with Gasteiger partial charge in [0.2, 0.25) is 11.8 Å². The Bertz CT molecular complexity index is 456. The molecule has 78 valence electrons. The lowest BCUT2D eigenvalue weighted by Gasteiger charge is -2.02. The fraction of sp³-hybridized carbons (Fsp3) is 0.100. The van der Waals surface area contributed by atoms with Crippen LogP contribution in [0.3, 0.4) is 0 Å². The molecule has 2 N–H and O–H groups in total. The van der Waals surface area contributed by atoms with Gasteiger partial charge in [-0.05, 0) is 18.2 Å². The number of ether oxygens (including phenoxy) is 1. The lowest BCUT2D eigenvalue weighted by atomic mass is 10.3. The number of oxazole rings is 1. The van der Waals surface area contributed by atoms with Crippen molar-refractivity contribution < 1.29 is 9.15 Å². The first-order valence-corrected chi connectivity index (χ1v) is 4.70. The van der Waals surface area contributed by atoms with Crippen LogP contribution in [0.25, 0.3) is 0 Å². The van der Waals surface area contributed by atoms with Crippen LogP contribution in [0.2, 0.25) is 5.02 Å². The molecule has 0 saturated carbocycles. The van der Waals surface area contributed by atoms with E-state index >= 15 is 0 Å². The van der Waals surface area contributed by atoms with E-state index in [1.807, 2.05) is 6.07 Å². The topological polar surface area (TPSA) is 61.3 Å². The van der Waals surface area contributed by atoms with E-state index < -0.39 is 0 Å². The number of benzene rings is 1. The molecule has 2 aromatic rings. The summed E-state index contributed by atoms with van der Waals surface area (Å²) in [5.74, 6) is 1.38. The Kier molecular flexibility index (Phi) is 2.78. The van der Waals surface area contributed by atoms with E-state index in [0.29, 0.717) is 16.7 Å². The van der Waals surface area contributed by atoms with Crippen molar-refractivity contribution in [2.45, 2.75) is 6.61 Å². The molecule has 5 heteroatoms. The van der Waals surface area contributed by atoms with Gasteiger partial charge in [-0.25, -0.2) is 4.98 Å². The van der Waals surface area contributed by atoms with Crippen LogP contribution in [0.4, 0.5) is 5.88 Å². The monoisotopic (exact) mass is 224 g/mol. The molecule has 0 bridgehead atoms. The van der Waals surface area contributed by atoms with Crippen molar-refractivity contribution in [3.05, 3.63) is 41.4 Å². The van der Waals surface area contributed by atoms with E-state index in [-0.39, 0.29) is 12.5 Å². The smallest absolute Gasteiger partial charge is 0.234 e. The molecule has 0 saturated heterocycles. The summed E-state index contributed by atoms with van der Waals surface area (Å²) in [7, 11) is 0. The summed E-state index contributed by atoms with van der Waals surface area (Å²) in [4.78, 5) is 3.90. The van der Waals surface area contributed by atoms with Crippen LogP contribution in [0, 0.1) is 0 Å². The molecule has 0 aliphatic heterocycles. The highest BCUT2D eigenvalue weighted by atomic mass is 35.5. The van der Waals surface area contributed by atoms with Crippen molar-refractivity contribution in [2.24, 2.45) is 0 Å². The first kappa shape index (κ1) is 9.86. The second kappa shape index (κ2) is 4.23. The summed E-state index contributed by atoms with van der Waals surface area (Å²) in [6, 6.07) is 7.10. The minimum atomic E-state index is 0.234. The molecule has 0 atom stereocenters. The van der Waals surface area contributed by atoms with Gasteiger partial charge in [-0.2, -0.15) is 0 Å². The molecule has 0 radical (unpaired) electrons. The SMILES string of the molecule is Nc1cnc(COc2cccc(Cl)c2)o1. The number of hydrogen-bond acceptors (Lipinski definition) is 4. The number of aromatic nitrogens is 1. The van der Waals surface area contributed by atoms with Crippen LogP contribution in [0.15, 0.2) is 34.9 Å². The van der Waals surface area contributed by atoms with E-state index in [9.17, 15) is 0 Å². The summed E-state index contributed by atoms with van der Waals surface area (Å²) in [6.45, 7) is 0.234. The molecule has 0 unspecified atom stereocenters. The van der Waals surface area contributed by atoms with E-state index in [1.54, 1.807) is 18.2 Å². The Morgan fingerprint density at radius 2 is 2.33 bits per heavy atom. The van der Waals surface area contributed by atoms with Gasteiger partial charge in [0.05, 0.1) is 6.20 Å². The van der Waals surface area contributed by atoms with Crippen LogP contribution < -0.4 is 10.5 Å². The van der Waals surface area contributed by atoms with Crippen molar-refractivity contribution in [2.75, 3.05) is 5.73 Å². The minimum absolute atomic E-state index is 0.234. The van der Waals surface area contributed by atoms with Gasteiger partial charge in [0.15, 0.2) is 6.61 Å². The van der Waals surface area contributed by atoms with Crippen LogP contribution in [-0.2, 0) is 6.61 Å². The second-order valence-corrected chi connectivity index (χ2v) is 3.34. The third-order valence-electron chi connectivity index (χ3n) is 1.73. The van der Waals surface area contributed by atoms with E-state index in [1.165, 1.54) is 6.20 Å². The van der Waals surface area contributed by atoms with Crippen molar-refractivity contribution >= 4 is 17.5 Å². The zero-order valence-corrected chi connectivity index (χ0v) is 8.57. The normalized spacial score (nSPS) is 10.2. The number of nitrogen functional groups attached to an aromatic ring is 1. The van der Waals surface area contributed by atoms with E-state index in [2.05, 4.69) is 4.98 Å². The maximum Gasteiger partial charge on any atom is 0.234 e. The number of hydrogen-bond donors (Lipinski definition) is 1. The number of rotatable bonds is 3. The van der Waals surface area contributed by atoms with Crippen LogP contribution in [0.1, 0.15) is 5.89 Å². The van der Waals surface area contributed by atoms with Gasteiger partial charge >= 0.3 is 0 Å². The van der Waals surface area contributed by atoms with Crippen molar-refractivity contribution in [3.63, 3.8) is 0 Å². The van der Waals surface area contributed by atoms with Crippen LogP contribution in [0.5, 0.6) is 5.75 Å². The predicted octanol–water partition coefficient (Wildman–Crippen LogP) is 2.49. The molecule has 0 fully saturated rings. The summed E-state index contributed by atoms with van der Waals surface area (Å²) in [5, 5.41) is 0.624. The van der Waals surface area contributed by atoms with Gasteiger partial charge in [-0.1, -0.05) is 17.7 Å². The number of halogens is 1. The van der Waals surface area contributed by atoms with E-state index in [4.69, 9.17) is 26.5 Å². The average molecular weight is 225 g/mol. The first-order valence-electron chi connectivity index (χ1n) is 4.32. The van der Waals surface area contributed by atoms with Crippen molar-refractivity contribution in [1.82, 2.24) is 4.98 Å². The Labute approximate surface area is 91.6 Å². The summed E-state index contributed by atoms with van der Waals surface area (Å²) in [5.41, 5.74) is 5.37. The molecule has 15 heavy (non-hydrogen) atoms. The standard InChI is InChI=1S/C10H9ClN2O2/c11-7-2-1-3-8(4-7)14-6-10-13-5-9(12)15-10/h1-5H,6,12H2. The Morgan fingerprint density at radius 1 is 1.47 bits per heavy atom. The molecular formula is C10H9ClN2O2. The highest BCUT2D eigenvalue weighted by Gasteiger charge is 2.02. The lowest BCUT2D eigenvalue weighted by Crippen LogP contribution is -1.95. The largest absolute Gasteiger partial charge is 0.484 e. The van der Waals surface area contributed by atoms with Gasteiger partial charge < -0.3 is 14.9 Å². The van der Waals surface area contributed by atoms with Crippen LogP contribution in [-0.4, -0.2) is 4.98 Å². The molecule has 0 amide bonds.